The molecule has 1 atom stereocenters. The summed E-state index contributed by atoms with van der Waals surface area (Å²) in [6.45, 7) is 1.72. The van der Waals surface area contributed by atoms with Crippen LogP contribution < -0.4 is 0 Å². The first-order valence-corrected chi connectivity index (χ1v) is 6.56. The lowest BCUT2D eigenvalue weighted by atomic mass is 10.1. The highest BCUT2D eigenvalue weighted by Gasteiger charge is 2.10. The highest BCUT2D eigenvalue weighted by Crippen LogP contribution is 2.31. The normalized spacial score (nSPS) is 12.1. The lowest BCUT2D eigenvalue weighted by Crippen LogP contribution is -1.95. The van der Waals surface area contributed by atoms with Crippen molar-refractivity contribution < 1.29 is 9.52 Å². The summed E-state index contributed by atoms with van der Waals surface area (Å²) in [4.78, 5) is 0.917. The van der Waals surface area contributed by atoms with Crippen molar-refractivity contribution in [2.24, 2.45) is 0 Å². The second-order valence-electron chi connectivity index (χ2n) is 3.91. The van der Waals surface area contributed by atoms with Crippen molar-refractivity contribution in [2.45, 2.75) is 23.7 Å². The Morgan fingerprint density at radius 2 is 2.28 bits per heavy atom. The lowest BCUT2D eigenvalue weighted by Gasteiger charge is -2.11. The van der Waals surface area contributed by atoms with Crippen LogP contribution in [0.4, 0.5) is 0 Å². The van der Waals surface area contributed by atoms with Crippen LogP contribution in [0.2, 0.25) is 0 Å². The molecule has 2 aromatic rings. The van der Waals surface area contributed by atoms with Gasteiger partial charge in [0.15, 0.2) is 0 Å². The zero-order valence-electron chi connectivity index (χ0n) is 9.96. The first-order chi connectivity index (χ1) is 8.70. The fourth-order valence-electron chi connectivity index (χ4n) is 1.62. The van der Waals surface area contributed by atoms with Crippen molar-refractivity contribution in [3.63, 3.8) is 0 Å². The highest BCUT2D eigenvalue weighted by molar-refractivity contribution is 7.98. The molecule has 1 N–H and O–H groups in total. The molecular formula is C14H13NO2S. The van der Waals surface area contributed by atoms with Crippen LogP contribution in [0, 0.1) is 11.3 Å². The molecule has 2 rings (SSSR count). The third-order valence-corrected chi connectivity index (χ3v) is 3.64. The van der Waals surface area contributed by atoms with E-state index in [0.29, 0.717) is 11.3 Å². The van der Waals surface area contributed by atoms with E-state index in [-0.39, 0.29) is 0 Å². The molecule has 92 valence electrons. The van der Waals surface area contributed by atoms with Crippen LogP contribution in [-0.2, 0) is 5.75 Å². The fourth-order valence-corrected chi connectivity index (χ4v) is 2.70. The Morgan fingerprint density at radius 1 is 1.44 bits per heavy atom. The maximum absolute atomic E-state index is 9.71. The summed E-state index contributed by atoms with van der Waals surface area (Å²) in [5, 5.41) is 18.6. The van der Waals surface area contributed by atoms with E-state index < -0.39 is 6.10 Å². The summed E-state index contributed by atoms with van der Waals surface area (Å²) in [5.74, 6) is 1.56. The third-order valence-electron chi connectivity index (χ3n) is 2.54. The Morgan fingerprint density at radius 3 is 2.89 bits per heavy atom. The molecular weight excluding hydrogens is 246 g/mol. The molecule has 0 saturated heterocycles. The van der Waals surface area contributed by atoms with E-state index in [9.17, 15) is 5.11 Å². The Bertz CT molecular complexity index is 556. The fraction of sp³-hybridized carbons (Fsp3) is 0.214. The zero-order chi connectivity index (χ0) is 13.0. The van der Waals surface area contributed by atoms with E-state index in [0.717, 1.165) is 16.2 Å². The topological polar surface area (TPSA) is 57.2 Å². The highest BCUT2D eigenvalue weighted by atomic mass is 32.2. The van der Waals surface area contributed by atoms with Crippen LogP contribution in [-0.4, -0.2) is 5.11 Å². The monoisotopic (exact) mass is 259 g/mol. The number of nitriles is 1. The Kier molecular flexibility index (Phi) is 4.08. The summed E-state index contributed by atoms with van der Waals surface area (Å²) in [6.07, 6.45) is 1.09. The molecule has 0 bridgehead atoms. The molecule has 0 aliphatic heterocycles. The second-order valence-corrected chi connectivity index (χ2v) is 4.93. The number of aliphatic hydroxyl groups excluding tert-OH is 1. The van der Waals surface area contributed by atoms with E-state index in [2.05, 4.69) is 6.07 Å². The summed E-state index contributed by atoms with van der Waals surface area (Å²) in [7, 11) is 0. The van der Waals surface area contributed by atoms with E-state index in [4.69, 9.17) is 9.68 Å². The van der Waals surface area contributed by atoms with Crippen LogP contribution in [0.5, 0.6) is 0 Å². The van der Waals surface area contributed by atoms with Crippen molar-refractivity contribution in [1.29, 1.82) is 5.26 Å². The lowest BCUT2D eigenvalue weighted by molar-refractivity contribution is 0.196. The number of rotatable bonds is 4. The van der Waals surface area contributed by atoms with Crippen molar-refractivity contribution in [2.75, 3.05) is 0 Å². The van der Waals surface area contributed by atoms with Gasteiger partial charge in [0.1, 0.15) is 5.76 Å². The van der Waals surface area contributed by atoms with Gasteiger partial charge in [-0.3, -0.25) is 0 Å². The van der Waals surface area contributed by atoms with Gasteiger partial charge in [-0.05, 0) is 36.8 Å². The minimum atomic E-state index is -0.545. The molecule has 1 aromatic heterocycles. The summed E-state index contributed by atoms with van der Waals surface area (Å²) in [6, 6.07) is 11.2. The molecule has 0 unspecified atom stereocenters. The van der Waals surface area contributed by atoms with E-state index >= 15 is 0 Å². The number of furan rings is 1. The molecule has 0 amide bonds. The van der Waals surface area contributed by atoms with Gasteiger partial charge in [-0.1, -0.05) is 6.07 Å². The van der Waals surface area contributed by atoms with Gasteiger partial charge in [0.05, 0.1) is 29.8 Å². The molecule has 0 saturated carbocycles. The predicted molar refractivity (Wildman–Crippen MR) is 70.1 cm³/mol. The van der Waals surface area contributed by atoms with Crippen LogP contribution >= 0.6 is 11.8 Å². The summed E-state index contributed by atoms with van der Waals surface area (Å²) >= 11 is 1.56. The van der Waals surface area contributed by atoms with Gasteiger partial charge in [0.25, 0.3) is 0 Å². The molecule has 0 aliphatic rings. The quantitative estimate of drug-likeness (QED) is 0.854. The van der Waals surface area contributed by atoms with Gasteiger partial charge in [-0.2, -0.15) is 5.26 Å². The number of thioether (sulfide) groups is 1. The van der Waals surface area contributed by atoms with Crippen molar-refractivity contribution in [3.8, 4) is 6.07 Å². The molecule has 4 heteroatoms. The SMILES string of the molecule is C[C@H](O)c1ccc(C#N)cc1SCc1ccco1. The number of nitrogens with zero attached hydrogens (tertiary/aromatic N) is 1. The van der Waals surface area contributed by atoms with Gasteiger partial charge in [-0.25, -0.2) is 0 Å². The smallest absolute Gasteiger partial charge is 0.113 e. The third kappa shape index (κ3) is 2.95. The average molecular weight is 259 g/mol. The van der Waals surface area contributed by atoms with Crippen LogP contribution in [0.25, 0.3) is 0 Å². The number of aliphatic hydroxyl groups is 1. The summed E-state index contributed by atoms with van der Waals surface area (Å²) < 4.78 is 5.26. The molecule has 18 heavy (non-hydrogen) atoms. The summed E-state index contributed by atoms with van der Waals surface area (Å²) in [5.41, 5.74) is 1.44. The van der Waals surface area contributed by atoms with Gasteiger partial charge < -0.3 is 9.52 Å². The van der Waals surface area contributed by atoms with E-state index in [1.54, 1.807) is 43.1 Å². The van der Waals surface area contributed by atoms with Crippen LogP contribution in [0.1, 0.15) is 29.9 Å². The molecule has 1 aromatic carbocycles. The minimum Gasteiger partial charge on any atom is -0.468 e. The van der Waals surface area contributed by atoms with Crippen molar-refractivity contribution in [3.05, 3.63) is 53.5 Å². The van der Waals surface area contributed by atoms with Crippen molar-refractivity contribution >= 4 is 11.8 Å². The molecule has 1 heterocycles. The van der Waals surface area contributed by atoms with Gasteiger partial charge in [0.2, 0.25) is 0 Å². The van der Waals surface area contributed by atoms with Crippen LogP contribution in [0.3, 0.4) is 0 Å². The van der Waals surface area contributed by atoms with Crippen molar-refractivity contribution in [1.82, 2.24) is 0 Å². The maximum atomic E-state index is 9.71. The molecule has 3 nitrogen and oxygen atoms in total. The number of hydrogen-bond acceptors (Lipinski definition) is 4. The predicted octanol–water partition coefficient (Wildman–Crippen LogP) is 3.50. The first-order valence-electron chi connectivity index (χ1n) is 5.58. The molecule has 0 aliphatic carbocycles. The Labute approximate surface area is 110 Å². The molecule has 0 radical (unpaired) electrons. The second kappa shape index (κ2) is 5.76. The van der Waals surface area contributed by atoms with Crippen LogP contribution in [0.15, 0.2) is 45.9 Å². The number of benzene rings is 1. The Hall–Kier alpha value is -1.70. The van der Waals surface area contributed by atoms with Gasteiger partial charge >= 0.3 is 0 Å². The van der Waals surface area contributed by atoms with Gasteiger partial charge in [0, 0.05) is 4.90 Å². The molecule has 0 spiro atoms. The van der Waals surface area contributed by atoms with E-state index in [1.807, 2.05) is 12.1 Å². The zero-order valence-corrected chi connectivity index (χ0v) is 10.8. The first kappa shape index (κ1) is 12.7. The largest absolute Gasteiger partial charge is 0.468 e. The minimum absolute atomic E-state index is 0.545. The average Bonchev–Trinajstić information content (AvgIpc) is 2.88. The number of hydrogen-bond donors (Lipinski definition) is 1. The van der Waals surface area contributed by atoms with E-state index in [1.165, 1.54) is 0 Å². The standard InChI is InChI=1S/C14H13NO2S/c1-10(16)13-5-4-11(8-15)7-14(13)18-9-12-3-2-6-17-12/h2-7,10,16H,9H2,1H3/t10-/m0/s1. The van der Waals surface area contributed by atoms with Gasteiger partial charge in [-0.15, -0.1) is 11.8 Å². The maximum Gasteiger partial charge on any atom is 0.113 e. The molecule has 0 fully saturated rings. The Balaban J connectivity index is 2.21.